The molecule has 0 aliphatic carbocycles. The summed E-state index contributed by atoms with van der Waals surface area (Å²) in [4.78, 5) is 39.9. The lowest BCUT2D eigenvalue weighted by Crippen LogP contribution is -2.32. The van der Waals surface area contributed by atoms with E-state index in [1.807, 2.05) is 37.3 Å². The van der Waals surface area contributed by atoms with Gasteiger partial charge in [-0.15, -0.1) is 0 Å². The molecule has 0 spiro atoms. The second-order valence-electron chi connectivity index (χ2n) is 8.66. The van der Waals surface area contributed by atoms with Crippen LogP contribution in [0.25, 0.3) is 0 Å². The van der Waals surface area contributed by atoms with Gasteiger partial charge in [-0.1, -0.05) is 35.9 Å². The second-order valence-corrected chi connectivity index (χ2v) is 9.04. The Kier molecular flexibility index (Phi) is 7.80. The lowest BCUT2D eigenvalue weighted by atomic mass is 10.1. The standard InChI is InChI=1S/C31H24ClN3O5/c1-2-39-24-15-11-21(12-16-24)34-29(36)20-7-6-8-22(19-20)33-28-27(32)30(37)35(31(28)38)23-13-17-26(18-14-23)40-25-9-4-3-5-10-25/h3-19,33H,2H2,1H3,(H,34,36). The topological polar surface area (TPSA) is 97.0 Å². The number of hydrogen-bond acceptors (Lipinski definition) is 6. The minimum absolute atomic E-state index is 0.0830. The molecule has 0 fully saturated rings. The predicted octanol–water partition coefficient (Wildman–Crippen LogP) is 6.57. The number of hydrogen-bond donors (Lipinski definition) is 2. The fraction of sp³-hybridized carbons (Fsp3) is 0.0645. The Labute approximate surface area is 235 Å². The summed E-state index contributed by atoms with van der Waals surface area (Å²) >= 11 is 6.29. The van der Waals surface area contributed by atoms with Crippen molar-refractivity contribution in [1.82, 2.24) is 0 Å². The van der Waals surface area contributed by atoms with E-state index in [1.54, 1.807) is 72.8 Å². The van der Waals surface area contributed by atoms with Crippen molar-refractivity contribution >= 4 is 46.4 Å². The predicted molar refractivity (Wildman–Crippen MR) is 154 cm³/mol. The van der Waals surface area contributed by atoms with Gasteiger partial charge in [0.15, 0.2) is 0 Å². The van der Waals surface area contributed by atoms with Crippen LogP contribution in [0.1, 0.15) is 17.3 Å². The number of amides is 3. The quantitative estimate of drug-likeness (QED) is 0.228. The highest BCUT2D eigenvalue weighted by Gasteiger charge is 2.39. The molecule has 8 nitrogen and oxygen atoms in total. The average molecular weight is 554 g/mol. The van der Waals surface area contributed by atoms with Crippen LogP contribution in [0.3, 0.4) is 0 Å². The number of carbonyl (C=O) groups excluding carboxylic acids is 3. The molecule has 200 valence electrons. The summed E-state index contributed by atoms with van der Waals surface area (Å²) in [6.07, 6.45) is 0. The van der Waals surface area contributed by atoms with Crippen LogP contribution < -0.4 is 25.0 Å². The van der Waals surface area contributed by atoms with Crippen molar-refractivity contribution in [2.45, 2.75) is 6.92 Å². The summed E-state index contributed by atoms with van der Waals surface area (Å²) < 4.78 is 11.2. The van der Waals surface area contributed by atoms with Gasteiger partial charge in [-0.3, -0.25) is 14.4 Å². The monoisotopic (exact) mass is 553 g/mol. The van der Waals surface area contributed by atoms with E-state index in [2.05, 4.69) is 10.6 Å². The van der Waals surface area contributed by atoms with Gasteiger partial charge >= 0.3 is 0 Å². The van der Waals surface area contributed by atoms with Crippen molar-refractivity contribution in [3.63, 3.8) is 0 Å². The number of rotatable bonds is 9. The summed E-state index contributed by atoms with van der Waals surface area (Å²) in [5.74, 6) is 0.299. The van der Waals surface area contributed by atoms with Crippen molar-refractivity contribution < 1.29 is 23.9 Å². The molecule has 0 unspecified atom stereocenters. The van der Waals surface area contributed by atoms with Gasteiger partial charge in [-0.25, -0.2) is 4.90 Å². The maximum atomic E-state index is 13.2. The van der Waals surface area contributed by atoms with Gasteiger partial charge in [0.2, 0.25) is 0 Å². The van der Waals surface area contributed by atoms with E-state index in [0.29, 0.717) is 46.5 Å². The molecule has 9 heteroatoms. The number of ether oxygens (including phenoxy) is 2. The molecular formula is C31H24ClN3O5. The smallest absolute Gasteiger partial charge is 0.283 e. The van der Waals surface area contributed by atoms with E-state index in [9.17, 15) is 14.4 Å². The highest BCUT2D eigenvalue weighted by molar-refractivity contribution is 6.53. The van der Waals surface area contributed by atoms with Crippen LogP contribution in [0.2, 0.25) is 0 Å². The Morgan fingerprint density at radius 3 is 2.15 bits per heavy atom. The van der Waals surface area contributed by atoms with Crippen molar-refractivity contribution in [2.24, 2.45) is 0 Å². The summed E-state index contributed by atoms with van der Waals surface area (Å²) in [6, 6.07) is 29.3. The molecular weight excluding hydrogens is 530 g/mol. The third kappa shape index (κ3) is 5.82. The molecule has 0 atom stereocenters. The molecule has 0 saturated heterocycles. The van der Waals surface area contributed by atoms with E-state index in [-0.39, 0.29) is 16.6 Å². The first-order valence-electron chi connectivity index (χ1n) is 12.5. The van der Waals surface area contributed by atoms with E-state index in [4.69, 9.17) is 21.1 Å². The molecule has 1 aliphatic rings. The van der Waals surface area contributed by atoms with Gasteiger partial charge in [0.25, 0.3) is 17.7 Å². The van der Waals surface area contributed by atoms with E-state index in [0.717, 1.165) is 4.90 Å². The zero-order valence-electron chi connectivity index (χ0n) is 21.4. The minimum atomic E-state index is -0.657. The highest BCUT2D eigenvalue weighted by atomic mass is 35.5. The van der Waals surface area contributed by atoms with Gasteiger partial charge < -0.3 is 20.1 Å². The molecule has 0 bridgehead atoms. The maximum absolute atomic E-state index is 13.2. The number of para-hydroxylation sites is 1. The third-order valence-electron chi connectivity index (χ3n) is 5.92. The summed E-state index contributed by atoms with van der Waals surface area (Å²) in [6.45, 7) is 2.44. The lowest BCUT2D eigenvalue weighted by molar-refractivity contribution is -0.120. The molecule has 5 rings (SSSR count). The van der Waals surface area contributed by atoms with Crippen LogP contribution in [0.4, 0.5) is 17.1 Å². The van der Waals surface area contributed by atoms with E-state index < -0.39 is 11.8 Å². The summed E-state index contributed by atoms with van der Waals surface area (Å²) in [5, 5.41) is 5.48. The number of carbonyl (C=O) groups is 3. The number of anilines is 3. The fourth-order valence-corrected chi connectivity index (χ4v) is 4.23. The first kappa shape index (κ1) is 26.5. The van der Waals surface area contributed by atoms with Crippen LogP contribution >= 0.6 is 11.6 Å². The Morgan fingerprint density at radius 2 is 1.45 bits per heavy atom. The molecule has 1 aliphatic heterocycles. The van der Waals surface area contributed by atoms with Crippen LogP contribution in [-0.2, 0) is 9.59 Å². The number of nitrogens with one attached hydrogen (secondary N) is 2. The third-order valence-corrected chi connectivity index (χ3v) is 6.27. The van der Waals surface area contributed by atoms with Crippen molar-refractivity contribution in [1.29, 1.82) is 0 Å². The fourth-order valence-electron chi connectivity index (χ4n) is 4.02. The lowest BCUT2D eigenvalue weighted by Gasteiger charge is -2.16. The molecule has 2 N–H and O–H groups in total. The highest BCUT2D eigenvalue weighted by Crippen LogP contribution is 2.32. The number of halogens is 1. The molecule has 4 aromatic rings. The number of nitrogens with zero attached hydrogens (tertiary/aromatic N) is 1. The zero-order chi connectivity index (χ0) is 28.1. The minimum Gasteiger partial charge on any atom is -0.494 e. The van der Waals surface area contributed by atoms with Crippen LogP contribution in [0, 0.1) is 0 Å². The van der Waals surface area contributed by atoms with Gasteiger partial charge in [0, 0.05) is 16.9 Å². The molecule has 0 aromatic heterocycles. The first-order valence-corrected chi connectivity index (χ1v) is 12.8. The molecule has 3 amide bonds. The largest absolute Gasteiger partial charge is 0.494 e. The van der Waals surface area contributed by atoms with Gasteiger partial charge in [0.1, 0.15) is 28.0 Å². The van der Waals surface area contributed by atoms with Gasteiger partial charge in [-0.05, 0) is 85.8 Å². The molecule has 0 radical (unpaired) electrons. The SMILES string of the molecule is CCOc1ccc(NC(=O)c2cccc(NC3=C(Cl)C(=O)N(c4ccc(Oc5ccccc5)cc4)C3=O)c2)cc1. The number of benzene rings is 4. The molecule has 0 saturated carbocycles. The Balaban J connectivity index is 1.27. The van der Waals surface area contributed by atoms with Crippen molar-refractivity contribution in [3.05, 3.63) is 119 Å². The van der Waals surface area contributed by atoms with Crippen molar-refractivity contribution in [2.75, 3.05) is 22.1 Å². The summed E-state index contributed by atoms with van der Waals surface area (Å²) in [7, 11) is 0. The Bertz CT molecular complexity index is 1590. The first-order chi connectivity index (χ1) is 19.4. The van der Waals surface area contributed by atoms with Crippen molar-refractivity contribution in [3.8, 4) is 17.2 Å². The molecule has 40 heavy (non-hydrogen) atoms. The van der Waals surface area contributed by atoms with E-state index >= 15 is 0 Å². The Morgan fingerprint density at radius 1 is 0.775 bits per heavy atom. The van der Waals surface area contributed by atoms with Gasteiger partial charge in [0.05, 0.1) is 12.3 Å². The number of imide groups is 1. The summed E-state index contributed by atoms with van der Waals surface area (Å²) in [5.41, 5.74) is 1.62. The van der Waals surface area contributed by atoms with Crippen LogP contribution in [0.15, 0.2) is 114 Å². The molecule has 1 heterocycles. The van der Waals surface area contributed by atoms with Crippen LogP contribution in [0.5, 0.6) is 17.2 Å². The molecule has 4 aromatic carbocycles. The zero-order valence-corrected chi connectivity index (χ0v) is 22.1. The second kappa shape index (κ2) is 11.8. The van der Waals surface area contributed by atoms with Crippen LogP contribution in [-0.4, -0.2) is 24.3 Å². The maximum Gasteiger partial charge on any atom is 0.283 e. The van der Waals surface area contributed by atoms with E-state index in [1.165, 1.54) is 0 Å². The normalized spacial score (nSPS) is 12.9. The van der Waals surface area contributed by atoms with Gasteiger partial charge in [-0.2, -0.15) is 0 Å². The average Bonchev–Trinajstić information content (AvgIpc) is 3.18. The Hall–Kier alpha value is -5.08.